The van der Waals surface area contributed by atoms with Gasteiger partial charge >= 0.3 is 0 Å². The van der Waals surface area contributed by atoms with Gasteiger partial charge in [0.05, 0.1) is 5.69 Å². The SMILES string of the molecule is CCn1nc(C)c2c1CCN(c1nc(Cl)nc(C=N)c1NC)C2.NC12CCC(CC1)C2. The third kappa shape index (κ3) is 4.28. The molecule has 2 aromatic heterocycles. The van der Waals surface area contributed by atoms with Gasteiger partial charge in [-0.2, -0.15) is 10.1 Å². The number of aryl methyl sites for hydroxylation is 2. The van der Waals surface area contributed by atoms with Crippen LogP contribution in [-0.2, 0) is 19.5 Å². The number of nitrogens with two attached hydrogens (primary N) is 1. The van der Waals surface area contributed by atoms with Crippen LogP contribution in [0.2, 0.25) is 5.28 Å². The number of aromatic nitrogens is 4. The van der Waals surface area contributed by atoms with Crippen LogP contribution < -0.4 is 16.0 Å². The van der Waals surface area contributed by atoms with Gasteiger partial charge in [-0.25, -0.2) is 4.98 Å². The lowest BCUT2D eigenvalue weighted by molar-refractivity contribution is 0.418. The third-order valence-electron chi connectivity index (χ3n) is 7.01. The summed E-state index contributed by atoms with van der Waals surface area (Å²) in [5.41, 5.74) is 11.2. The largest absolute Gasteiger partial charge is 0.383 e. The molecule has 0 spiro atoms. The summed E-state index contributed by atoms with van der Waals surface area (Å²) in [5.74, 6) is 1.75. The highest BCUT2D eigenvalue weighted by Gasteiger charge is 2.41. The molecule has 3 aliphatic rings. The molecule has 0 atom stereocenters. The lowest BCUT2D eigenvalue weighted by Crippen LogP contribution is -2.33. The Kier molecular flexibility index (Phi) is 6.21. The summed E-state index contributed by atoms with van der Waals surface area (Å²) >= 11 is 6.04. The Bertz CT molecular complexity index is 961. The van der Waals surface area contributed by atoms with E-state index in [0.717, 1.165) is 49.2 Å². The Hall–Kier alpha value is -2.19. The summed E-state index contributed by atoms with van der Waals surface area (Å²) in [6.07, 6.45) is 8.86. The minimum Gasteiger partial charge on any atom is -0.383 e. The minimum absolute atomic E-state index is 0.157. The van der Waals surface area contributed by atoms with Crippen LogP contribution in [0.15, 0.2) is 0 Å². The van der Waals surface area contributed by atoms with Gasteiger partial charge in [-0.15, -0.1) is 0 Å². The first-order valence-electron chi connectivity index (χ1n) is 11.2. The molecule has 168 valence electrons. The van der Waals surface area contributed by atoms with Gasteiger partial charge in [0.15, 0.2) is 5.82 Å². The van der Waals surface area contributed by atoms with Crippen LogP contribution in [-0.4, -0.2) is 45.1 Å². The monoisotopic (exact) mass is 444 g/mol. The number of fused-ring (bicyclic) bond motifs is 3. The van der Waals surface area contributed by atoms with Gasteiger partial charge in [-0.3, -0.25) is 4.68 Å². The molecule has 0 unspecified atom stereocenters. The summed E-state index contributed by atoms with van der Waals surface area (Å²) in [5, 5.41) is 15.4. The quantitative estimate of drug-likeness (QED) is 0.491. The van der Waals surface area contributed by atoms with Crippen molar-refractivity contribution in [1.82, 2.24) is 19.7 Å². The molecule has 5 rings (SSSR count). The van der Waals surface area contributed by atoms with E-state index < -0.39 is 0 Å². The Morgan fingerprint density at radius 1 is 1.32 bits per heavy atom. The van der Waals surface area contributed by atoms with Crippen molar-refractivity contribution in [2.75, 3.05) is 23.8 Å². The van der Waals surface area contributed by atoms with Crippen LogP contribution in [0.4, 0.5) is 11.5 Å². The average Bonchev–Trinajstić information content (AvgIpc) is 3.44. The van der Waals surface area contributed by atoms with Crippen molar-refractivity contribution in [3.8, 4) is 0 Å². The zero-order valence-corrected chi connectivity index (χ0v) is 19.5. The van der Waals surface area contributed by atoms with Crippen molar-refractivity contribution in [2.24, 2.45) is 11.7 Å². The van der Waals surface area contributed by atoms with Crippen LogP contribution >= 0.6 is 11.6 Å². The van der Waals surface area contributed by atoms with Crippen molar-refractivity contribution >= 4 is 29.3 Å². The maximum atomic E-state index is 7.53. The Morgan fingerprint density at radius 3 is 2.58 bits per heavy atom. The van der Waals surface area contributed by atoms with Gasteiger partial charge in [-0.1, -0.05) is 0 Å². The van der Waals surface area contributed by atoms with E-state index in [-0.39, 0.29) is 5.28 Å². The molecular formula is C22H33ClN8. The molecule has 2 fully saturated rings. The fraction of sp³-hybridized carbons (Fsp3) is 0.636. The smallest absolute Gasteiger partial charge is 0.225 e. The van der Waals surface area contributed by atoms with Gasteiger partial charge in [0, 0.05) is 56.1 Å². The summed E-state index contributed by atoms with van der Waals surface area (Å²) in [4.78, 5) is 10.7. The molecule has 9 heteroatoms. The first kappa shape index (κ1) is 22.0. The zero-order chi connectivity index (χ0) is 22.2. The van der Waals surface area contributed by atoms with E-state index in [1.165, 1.54) is 49.6 Å². The number of anilines is 2. The molecule has 2 saturated carbocycles. The van der Waals surface area contributed by atoms with E-state index in [2.05, 4.69) is 36.9 Å². The average molecular weight is 445 g/mol. The van der Waals surface area contributed by atoms with E-state index in [9.17, 15) is 0 Å². The molecule has 0 saturated heterocycles. The molecular weight excluding hydrogens is 412 g/mol. The van der Waals surface area contributed by atoms with Crippen LogP contribution in [0.3, 0.4) is 0 Å². The second kappa shape index (κ2) is 8.74. The fourth-order valence-corrected chi connectivity index (χ4v) is 5.52. The molecule has 0 amide bonds. The normalized spacial score (nSPS) is 23.9. The van der Waals surface area contributed by atoms with Crippen LogP contribution in [0, 0.1) is 18.3 Å². The van der Waals surface area contributed by atoms with Gasteiger partial charge in [0.25, 0.3) is 0 Å². The molecule has 4 N–H and O–H groups in total. The Morgan fingerprint density at radius 2 is 2.06 bits per heavy atom. The number of rotatable bonds is 4. The molecule has 2 aliphatic carbocycles. The molecule has 8 nitrogen and oxygen atoms in total. The predicted molar refractivity (Wildman–Crippen MR) is 125 cm³/mol. The molecule has 0 aromatic carbocycles. The van der Waals surface area contributed by atoms with E-state index in [4.69, 9.17) is 22.7 Å². The summed E-state index contributed by atoms with van der Waals surface area (Å²) < 4.78 is 2.08. The summed E-state index contributed by atoms with van der Waals surface area (Å²) in [6.45, 7) is 6.61. The van der Waals surface area contributed by atoms with E-state index in [1.54, 1.807) is 7.05 Å². The van der Waals surface area contributed by atoms with Crippen LogP contribution in [0.1, 0.15) is 61.7 Å². The van der Waals surface area contributed by atoms with Crippen molar-refractivity contribution in [2.45, 2.75) is 71.0 Å². The third-order valence-corrected chi connectivity index (χ3v) is 7.18. The van der Waals surface area contributed by atoms with Crippen molar-refractivity contribution in [1.29, 1.82) is 5.41 Å². The number of hydrogen-bond donors (Lipinski definition) is 3. The maximum absolute atomic E-state index is 7.53. The Balaban J connectivity index is 0.000000239. The van der Waals surface area contributed by atoms with Gasteiger partial charge in [-0.05, 0) is 63.5 Å². The Labute approximate surface area is 189 Å². The first-order chi connectivity index (χ1) is 14.9. The maximum Gasteiger partial charge on any atom is 0.225 e. The highest BCUT2D eigenvalue weighted by molar-refractivity contribution is 6.28. The number of nitrogens with zero attached hydrogens (tertiary/aromatic N) is 5. The number of nitrogens with one attached hydrogen (secondary N) is 2. The number of halogens is 1. The van der Waals surface area contributed by atoms with Crippen LogP contribution in [0.5, 0.6) is 0 Å². The topological polar surface area (TPSA) is 109 Å². The van der Waals surface area contributed by atoms with E-state index in [0.29, 0.717) is 11.2 Å². The summed E-state index contributed by atoms with van der Waals surface area (Å²) in [7, 11) is 1.80. The molecule has 2 aromatic rings. The molecule has 0 radical (unpaired) electrons. The van der Waals surface area contributed by atoms with Gasteiger partial charge < -0.3 is 21.4 Å². The first-order valence-corrected chi connectivity index (χ1v) is 11.6. The van der Waals surface area contributed by atoms with Crippen molar-refractivity contribution in [3.05, 3.63) is 27.9 Å². The molecule has 2 bridgehead atoms. The van der Waals surface area contributed by atoms with Crippen molar-refractivity contribution in [3.63, 3.8) is 0 Å². The molecule has 31 heavy (non-hydrogen) atoms. The van der Waals surface area contributed by atoms with Crippen molar-refractivity contribution < 1.29 is 0 Å². The minimum atomic E-state index is 0.157. The highest BCUT2D eigenvalue weighted by Crippen LogP contribution is 2.45. The fourth-order valence-electron chi connectivity index (χ4n) is 5.35. The van der Waals surface area contributed by atoms with Gasteiger partial charge in [0.2, 0.25) is 5.28 Å². The lowest BCUT2D eigenvalue weighted by atomic mass is 9.95. The van der Waals surface area contributed by atoms with E-state index in [1.807, 2.05) is 6.92 Å². The number of hydrogen-bond acceptors (Lipinski definition) is 7. The lowest BCUT2D eigenvalue weighted by Gasteiger charge is -2.30. The molecule has 1 aliphatic heterocycles. The van der Waals surface area contributed by atoms with E-state index >= 15 is 0 Å². The second-order valence-electron chi connectivity index (χ2n) is 8.98. The highest BCUT2D eigenvalue weighted by atomic mass is 35.5. The molecule has 3 heterocycles. The van der Waals surface area contributed by atoms with Gasteiger partial charge in [0.1, 0.15) is 11.4 Å². The standard InChI is InChI=1S/C15H20ClN7.C7H13N/c1-4-23-12-5-6-22(8-10(12)9(2)21-23)14-13(18-3)11(7-17)19-15(16)20-14;8-7-3-1-6(5-7)2-4-7/h7,17-18H,4-6,8H2,1-3H3;6H,1-5,8H2. The van der Waals surface area contributed by atoms with Crippen LogP contribution in [0.25, 0.3) is 0 Å². The summed E-state index contributed by atoms with van der Waals surface area (Å²) in [6, 6.07) is 0. The zero-order valence-electron chi connectivity index (χ0n) is 18.7. The second-order valence-corrected chi connectivity index (χ2v) is 9.32. The predicted octanol–water partition coefficient (Wildman–Crippen LogP) is 3.53.